The van der Waals surface area contributed by atoms with E-state index in [-0.39, 0.29) is 0 Å². The largest absolute Gasteiger partial charge is 0.383 e. The minimum absolute atomic E-state index is 0.383. The van der Waals surface area contributed by atoms with Crippen LogP contribution in [0.15, 0.2) is 0 Å². The van der Waals surface area contributed by atoms with Crippen molar-refractivity contribution in [3.63, 3.8) is 0 Å². The second-order valence-corrected chi connectivity index (χ2v) is 5.02. The second-order valence-electron chi connectivity index (χ2n) is 5.02. The highest BCUT2D eigenvalue weighted by molar-refractivity contribution is 4.85. The topological polar surface area (TPSA) is 42.5 Å². The molecule has 1 aliphatic heterocycles. The summed E-state index contributed by atoms with van der Waals surface area (Å²) in [5, 5.41) is 6.83. The average molecular weight is 244 g/mol. The van der Waals surface area contributed by atoms with Gasteiger partial charge in [0.25, 0.3) is 0 Å². The average Bonchev–Trinajstić information content (AvgIpc) is 2.54. The van der Waals surface area contributed by atoms with Gasteiger partial charge in [0, 0.05) is 39.2 Å². The number of rotatable bonds is 8. The Hall–Kier alpha value is -0.160. The first-order chi connectivity index (χ1) is 8.16. The van der Waals surface area contributed by atoms with Crippen molar-refractivity contribution in [3.8, 4) is 0 Å². The molecule has 0 amide bonds. The predicted octanol–water partition coefficient (Wildman–Crippen LogP) is 0.872. The van der Waals surface area contributed by atoms with Gasteiger partial charge in [0.15, 0.2) is 0 Å². The number of methoxy groups -OCH3 is 1. The zero-order valence-electron chi connectivity index (χ0n) is 11.7. The monoisotopic (exact) mass is 244 g/mol. The highest BCUT2D eigenvalue weighted by atomic mass is 16.5. The summed E-state index contributed by atoms with van der Waals surface area (Å²) in [5.41, 5.74) is 0. The van der Waals surface area contributed by atoms with Crippen LogP contribution in [-0.2, 0) is 9.47 Å². The fourth-order valence-corrected chi connectivity index (χ4v) is 2.44. The highest BCUT2D eigenvalue weighted by Crippen LogP contribution is 2.31. The summed E-state index contributed by atoms with van der Waals surface area (Å²) < 4.78 is 10.8. The molecule has 17 heavy (non-hydrogen) atoms. The number of ether oxygens (including phenoxy) is 2. The SMILES string of the molecule is COCCNCCNCC1C(C)OC(C)C1C. The molecular weight excluding hydrogens is 216 g/mol. The van der Waals surface area contributed by atoms with E-state index in [1.165, 1.54) is 0 Å². The van der Waals surface area contributed by atoms with Gasteiger partial charge in [-0.15, -0.1) is 0 Å². The quantitative estimate of drug-likeness (QED) is 0.622. The van der Waals surface area contributed by atoms with Crippen molar-refractivity contribution in [3.05, 3.63) is 0 Å². The molecule has 0 aromatic heterocycles. The van der Waals surface area contributed by atoms with Crippen LogP contribution < -0.4 is 10.6 Å². The first-order valence-corrected chi connectivity index (χ1v) is 6.72. The van der Waals surface area contributed by atoms with Crippen molar-refractivity contribution in [2.45, 2.75) is 33.0 Å². The standard InChI is InChI=1S/C13H28N2O2/c1-10-11(2)17-12(3)13(10)9-15-6-5-14-7-8-16-4/h10-15H,5-9H2,1-4H3. The second kappa shape index (κ2) is 8.03. The molecule has 0 aromatic rings. The van der Waals surface area contributed by atoms with E-state index in [2.05, 4.69) is 31.4 Å². The van der Waals surface area contributed by atoms with E-state index < -0.39 is 0 Å². The van der Waals surface area contributed by atoms with Gasteiger partial charge < -0.3 is 20.1 Å². The number of hydrogen-bond donors (Lipinski definition) is 2. The lowest BCUT2D eigenvalue weighted by Gasteiger charge is -2.19. The summed E-state index contributed by atoms with van der Waals surface area (Å²) in [6.45, 7) is 11.4. The molecule has 0 saturated carbocycles. The molecule has 1 saturated heterocycles. The van der Waals surface area contributed by atoms with Crippen molar-refractivity contribution in [1.29, 1.82) is 0 Å². The molecule has 0 aliphatic carbocycles. The lowest BCUT2D eigenvalue weighted by atomic mass is 9.89. The van der Waals surface area contributed by atoms with Gasteiger partial charge >= 0.3 is 0 Å². The van der Waals surface area contributed by atoms with E-state index in [9.17, 15) is 0 Å². The predicted molar refractivity (Wildman–Crippen MR) is 70.3 cm³/mol. The Labute approximate surface area is 105 Å². The fraction of sp³-hybridized carbons (Fsp3) is 1.00. The number of nitrogens with one attached hydrogen (secondary N) is 2. The fourth-order valence-electron chi connectivity index (χ4n) is 2.44. The molecule has 1 rings (SSSR count). The van der Waals surface area contributed by atoms with Crippen LogP contribution in [0.3, 0.4) is 0 Å². The van der Waals surface area contributed by atoms with Crippen LogP contribution in [0.4, 0.5) is 0 Å². The third kappa shape index (κ3) is 4.92. The minimum atomic E-state index is 0.383. The Balaban J connectivity index is 2.02. The van der Waals surface area contributed by atoms with E-state index in [1.807, 2.05) is 0 Å². The maximum Gasteiger partial charge on any atom is 0.0594 e. The van der Waals surface area contributed by atoms with Gasteiger partial charge in [0.1, 0.15) is 0 Å². The smallest absolute Gasteiger partial charge is 0.0594 e. The Bertz CT molecular complexity index is 202. The summed E-state index contributed by atoms with van der Waals surface area (Å²) in [4.78, 5) is 0. The van der Waals surface area contributed by atoms with Crippen LogP contribution in [0, 0.1) is 11.8 Å². The molecule has 1 fully saturated rings. The molecule has 1 aliphatic rings. The van der Waals surface area contributed by atoms with Crippen LogP contribution in [0.5, 0.6) is 0 Å². The third-order valence-electron chi connectivity index (χ3n) is 3.79. The Morgan fingerprint density at radius 3 is 2.29 bits per heavy atom. The molecule has 0 radical (unpaired) electrons. The van der Waals surface area contributed by atoms with Crippen LogP contribution in [-0.4, -0.2) is 52.1 Å². The van der Waals surface area contributed by atoms with Gasteiger partial charge in [-0.2, -0.15) is 0 Å². The zero-order chi connectivity index (χ0) is 12.7. The van der Waals surface area contributed by atoms with Crippen molar-refractivity contribution in [1.82, 2.24) is 10.6 Å². The molecule has 0 spiro atoms. The molecule has 4 heteroatoms. The van der Waals surface area contributed by atoms with Crippen LogP contribution in [0.25, 0.3) is 0 Å². The Kier molecular flexibility index (Phi) is 7.04. The Morgan fingerprint density at radius 1 is 1.00 bits per heavy atom. The van der Waals surface area contributed by atoms with E-state index in [4.69, 9.17) is 9.47 Å². The lowest BCUT2D eigenvalue weighted by molar-refractivity contribution is 0.0512. The molecular formula is C13H28N2O2. The maximum atomic E-state index is 5.82. The summed E-state index contributed by atoms with van der Waals surface area (Å²) in [7, 11) is 1.73. The molecule has 1 heterocycles. The first-order valence-electron chi connectivity index (χ1n) is 6.72. The van der Waals surface area contributed by atoms with Gasteiger partial charge in [0.2, 0.25) is 0 Å². The number of hydrogen-bond acceptors (Lipinski definition) is 4. The molecule has 2 N–H and O–H groups in total. The van der Waals surface area contributed by atoms with E-state index in [0.717, 1.165) is 32.8 Å². The molecule has 4 atom stereocenters. The molecule has 4 unspecified atom stereocenters. The van der Waals surface area contributed by atoms with E-state index >= 15 is 0 Å². The normalized spacial score (nSPS) is 33.2. The van der Waals surface area contributed by atoms with Crippen molar-refractivity contribution in [2.24, 2.45) is 11.8 Å². The van der Waals surface area contributed by atoms with Crippen molar-refractivity contribution in [2.75, 3.05) is 39.9 Å². The highest BCUT2D eigenvalue weighted by Gasteiger charge is 2.36. The summed E-state index contributed by atoms with van der Waals surface area (Å²) in [6.07, 6.45) is 0.783. The first kappa shape index (κ1) is 14.9. The van der Waals surface area contributed by atoms with Gasteiger partial charge in [-0.25, -0.2) is 0 Å². The third-order valence-corrected chi connectivity index (χ3v) is 3.79. The van der Waals surface area contributed by atoms with E-state index in [0.29, 0.717) is 24.0 Å². The summed E-state index contributed by atoms with van der Waals surface area (Å²) >= 11 is 0. The maximum absolute atomic E-state index is 5.82. The summed E-state index contributed by atoms with van der Waals surface area (Å²) in [6, 6.07) is 0. The molecule has 0 aromatic carbocycles. The molecule has 4 nitrogen and oxygen atoms in total. The Morgan fingerprint density at radius 2 is 1.71 bits per heavy atom. The van der Waals surface area contributed by atoms with Gasteiger partial charge in [0.05, 0.1) is 18.8 Å². The van der Waals surface area contributed by atoms with Gasteiger partial charge in [-0.3, -0.25) is 0 Å². The van der Waals surface area contributed by atoms with Crippen molar-refractivity contribution >= 4 is 0 Å². The van der Waals surface area contributed by atoms with Crippen molar-refractivity contribution < 1.29 is 9.47 Å². The van der Waals surface area contributed by atoms with Gasteiger partial charge in [-0.1, -0.05) is 6.92 Å². The zero-order valence-corrected chi connectivity index (χ0v) is 11.7. The van der Waals surface area contributed by atoms with Crippen LogP contribution in [0.1, 0.15) is 20.8 Å². The molecule has 102 valence electrons. The van der Waals surface area contributed by atoms with Gasteiger partial charge in [-0.05, 0) is 19.8 Å². The molecule has 0 bridgehead atoms. The minimum Gasteiger partial charge on any atom is -0.383 e. The van der Waals surface area contributed by atoms with Crippen LogP contribution >= 0.6 is 0 Å². The lowest BCUT2D eigenvalue weighted by Crippen LogP contribution is -2.35. The summed E-state index contributed by atoms with van der Waals surface area (Å²) in [5.74, 6) is 1.29. The van der Waals surface area contributed by atoms with E-state index in [1.54, 1.807) is 7.11 Å². The van der Waals surface area contributed by atoms with Crippen LogP contribution in [0.2, 0.25) is 0 Å².